The number of nitrogens with zero attached hydrogens (tertiary/aromatic N) is 2. The summed E-state index contributed by atoms with van der Waals surface area (Å²) in [6.07, 6.45) is -4.43. The van der Waals surface area contributed by atoms with Crippen LogP contribution < -0.4 is 5.73 Å². The van der Waals surface area contributed by atoms with Crippen molar-refractivity contribution in [1.29, 1.82) is 0 Å². The Balaban J connectivity index is 2.57. The molecule has 0 saturated carbocycles. The molecule has 2 rings (SSSR count). The van der Waals surface area contributed by atoms with Crippen LogP contribution in [0.15, 0.2) is 28.9 Å². The van der Waals surface area contributed by atoms with Crippen LogP contribution in [0.5, 0.6) is 0 Å². The number of hydrogen-bond acceptors (Lipinski definition) is 3. The van der Waals surface area contributed by atoms with Crippen molar-refractivity contribution in [1.82, 2.24) is 9.97 Å². The number of nitrogen functional groups attached to an aromatic ring is 1. The average molecular weight is 353 g/mol. The van der Waals surface area contributed by atoms with Crippen LogP contribution in [0.3, 0.4) is 0 Å². The van der Waals surface area contributed by atoms with Crippen molar-refractivity contribution in [3.8, 4) is 11.3 Å². The van der Waals surface area contributed by atoms with Gasteiger partial charge in [0.2, 0.25) is 0 Å². The molecular formula is C11H6BrClF3N3. The molecule has 0 fully saturated rings. The second-order valence-electron chi connectivity index (χ2n) is 3.62. The third kappa shape index (κ3) is 2.98. The maximum atomic E-state index is 12.6. The van der Waals surface area contributed by atoms with Crippen LogP contribution in [0.2, 0.25) is 5.15 Å². The Morgan fingerprint density at radius 1 is 1.21 bits per heavy atom. The summed E-state index contributed by atoms with van der Waals surface area (Å²) in [6, 6.07) is 4.67. The summed E-state index contributed by atoms with van der Waals surface area (Å²) < 4.78 is 38.1. The van der Waals surface area contributed by atoms with Crippen molar-refractivity contribution in [2.24, 2.45) is 0 Å². The summed E-state index contributed by atoms with van der Waals surface area (Å²) in [5.41, 5.74) is 5.05. The fourth-order valence-electron chi connectivity index (χ4n) is 1.43. The van der Waals surface area contributed by atoms with E-state index in [1.165, 1.54) is 12.1 Å². The topological polar surface area (TPSA) is 51.8 Å². The van der Waals surface area contributed by atoms with Gasteiger partial charge in [-0.05, 0) is 28.1 Å². The smallest absolute Gasteiger partial charge is 0.381 e. The van der Waals surface area contributed by atoms with Gasteiger partial charge in [-0.2, -0.15) is 13.2 Å². The zero-order valence-corrected chi connectivity index (χ0v) is 11.5. The zero-order valence-electron chi connectivity index (χ0n) is 9.17. The summed E-state index contributed by atoms with van der Waals surface area (Å²) >= 11 is 8.90. The number of alkyl halides is 3. The fraction of sp³-hybridized carbons (Fsp3) is 0.0909. The van der Waals surface area contributed by atoms with Crippen molar-refractivity contribution < 1.29 is 13.2 Å². The normalized spacial score (nSPS) is 11.6. The van der Waals surface area contributed by atoms with Gasteiger partial charge in [0.25, 0.3) is 0 Å². The molecule has 19 heavy (non-hydrogen) atoms. The molecule has 1 heterocycles. The summed E-state index contributed by atoms with van der Waals surface area (Å²) in [5.74, 6) is 0.0701. The summed E-state index contributed by atoms with van der Waals surface area (Å²) in [4.78, 5) is 7.79. The van der Waals surface area contributed by atoms with E-state index in [4.69, 9.17) is 17.3 Å². The Hall–Kier alpha value is -1.34. The highest BCUT2D eigenvalue weighted by Gasteiger charge is 2.30. The summed E-state index contributed by atoms with van der Waals surface area (Å²) in [6.45, 7) is 0. The maximum absolute atomic E-state index is 12.6. The van der Waals surface area contributed by atoms with Gasteiger partial charge >= 0.3 is 6.18 Å². The van der Waals surface area contributed by atoms with Crippen molar-refractivity contribution in [2.75, 3.05) is 5.73 Å². The molecule has 0 aliphatic heterocycles. The first kappa shape index (κ1) is 14.1. The van der Waals surface area contributed by atoms with Crippen molar-refractivity contribution in [3.05, 3.63) is 39.6 Å². The summed E-state index contributed by atoms with van der Waals surface area (Å²) in [5, 5.41) is -0.0555. The number of aromatic nitrogens is 2. The van der Waals surface area contributed by atoms with E-state index in [9.17, 15) is 13.2 Å². The second-order valence-corrected chi connectivity index (χ2v) is 4.73. The number of hydrogen-bond donors (Lipinski definition) is 1. The third-order valence-corrected chi connectivity index (χ3v) is 3.15. The van der Waals surface area contributed by atoms with Gasteiger partial charge in [0.1, 0.15) is 10.3 Å². The minimum absolute atomic E-state index is 0.0555. The molecule has 3 nitrogen and oxygen atoms in total. The number of anilines is 1. The standard InChI is InChI=1S/C11H6BrClF3N3/c12-8-10(17)19-9(13)7(18-8)5-2-1-3-6(4-5)11(14,15)16/h1-4H,(H2,17,19). The Labute approximate surface area is 119 Å². The van der Waals surface area contributed by atoms with Gasteiger partial charge in [-0.25, -0.2) is 9.97 Å². The van der Waals surface area contributed by atoms with Crippen LogP contribution in [0.1, 0.15) is 5.56 Å². The molecule has 1 aromatic carbocycles. The zero-order chi connectivity index (χ0) is 14.2. The highest BCUT2D eigenvalue weighted by molar-refractivity contribution is 9.10. The van der Waals surface area contributed by atoms with Gasteiger partial charge in [-0.15, -0.1) is 0 Å². The Morgan fingerprint density at radius 3 is 2.53 bits per heavy atom. The van der Waals surface area contributed by atoms with Gasteiger partial charge in [-0.3, -0.25) is 0 Å². The quantitative estimate of drug-likeness (QED) is 0.838. The second kappa shape index (κ2) is 4.97. The van der Waals surface area contributed by atoms with Crippen LogP contribution in [0.4, 0.5) is 19.0 Å². The lowest BCUT2D eigenvalue weighted by atomic mass is 10.1. The first-order valence-corrected chi connectivity index (χ1v) is 6.12. The van der Waals surface area contributed by atoms with Crippen molar-refractivity contribution in [2.45, 2.75) is 6.18 Å². The monoisotopic (exact) mass is 351 g/mol. The molecule has 2 N–H and O–H groups in total. The molecule has 8 heteroatoms. The lowest BCUT2D eigenvalue weighted by Gasteiger charge is -2.09. The molecule has 0 spiro atoms. The molecule has 100 valence electrons. The minimum atomic E-state index is -4.43. The molecule has 0 radical (unpaired) electrons. The highest BCUT2D eigenvalue weighted by atomic mass is 79.9. The molecule has 0 aliphatic carbocycles. The van der Waals surface area contributed by atoms with E-state index in [0.717, 1.165) is 12.1 Å². The van der Waals surface area contributed by atoms with E-state index in [0.29, 0.717) is 0 Å². The number of benzene rings is 1. The maximum Gasteiger partial charge on any atom is 0.416 e. The van der Waals surface area contributed by atoms with E-state index in [-0.39, 0.29) is 26.8 Å². The van der Waals surface area contributed by atoms with Gasteiger partial charge < -0.3 is 5.73 Å². The Morgan fingerprint density at radius 2 is 1.89 bits per heavy atom. The predicted octanol–water partition coefficient (Wildman–Crippen LogP) is 4.16. The van der Waals surface area contributed by atoms with E-state index in [2.05, 4.69) is 25.9 Å². The number of halogens is 5. The van der Waals surface area contributed by atoms with Gasteiger partial charge in [0.15, 0.2) is 11.0 Å². The molecule has 0 atom stereocenters. The van der Waals surface area contributed by atoms with Crippen LogP contribution in [0.25, 0.3) is 11.3 Å². The fourth-order valence-corrected chi connectivity index (χ4v) is 1.94. The van der Waals surface area contributed by atoms with Crippen molar-refractivity contribution >= 4 is 33.3 Å². The van der Waals surface area contributed by atoms with Crippen LogP contribution >= 0.6 is 27.5 Å². The van der Waals surface area contributed by atoms with Crippen LogP contribution in [-0.4, -0.2) is 9.97 Å². The average Bonchev–Trinajstić information content (AvgIpc) is 2.33. The largest absolute Gasteiger partial charge is 0.416 e. The first-order valence-electron chi connectivity index (χ1n) is 4.95. The predicted molar refractivity (Wildman–Crippen MR) is 69.6 cm³/mol. The number of rotatable bonds is 1. The van der Waals surface area contributed by atoms with Crippen LogP contribution in [-0.2, 0) is 6.18 Å². The van der Waals surface area contributed by atoms with Gasteiger partial charge in [0.05, 0.1) is 5.56 Å². The summed E-state index contributed by atoms with van der Waals surface area (Å²) in [7, 11) is 0. The third-order valence-electron chi connectivity index (χ3n) is 2.30. The molecule has 0 aliphatic rings. The Kier molecular flexibility index (Phi) is 3.69. The van der Waals surface area contributed by atoms with Gasteiger partial charge in [-0.1, -0.05) is 23.7 Å². The van der Waals surface area contributed by atoms with E-state index >= 15 is 0 Å². The molecule has 0 unspecified atom stereocenters. The van der Waals surface area contributed by atoms with Crippen molar-refractivity contribution in [3.63, 3.8) is 0 Å². The minimum Gasteiger partial charge on any atom is -0.381 e. The number of nitrogens with two attached hydrogens (primary N) is 1. The lowest BCUT2D eigenvalue weighted by Crippen LogP contribution is -2.05. The van der Waals surface area contributed by atoms with Gasteiger partial charge in [0, 0.05) is 5.56 Å². The molecule has 1 aromatic heterocycles. The van der Waals surface area contributed by atoms with E-state index in [1.807, 2.05) is 0 Å². The Bertz CT molecular complexity index is 631. The molecule has 0 bridgehead atoms. The SMILES string of the molecule is Nc1nc(Cl)c(-c2cccc(C(F)(F)F)c2)nc1Br. The van der Waals surface area contributed by atoms with E-state index in [1.54, 1.807) is 0 Å². The molecule has 0 amide bonds. The molecule has 0 saturated heterocycles. The van der Waals surface area contributed by atoms with Crippen LogP contribution in [0, 0.1) is 0 Å². The lowest BCUT2D eigenvalue weighted by molar-refractivity contribution is -0.137. The van der Waals surface area contributed by atoms with E-state index < -0.39 is 11.7 Å². The first-order chi connectivity index (χ1) is 8.79. The molecular weight excluding hydrogens is 346 g/mol. The highest BCUT2D eigenvalue weighted by Crippen LogP contribution is 2.34. The molecule has 2 aromatic rings.